The lowest BCUT2D eigenvalue weighted by Crippen LogP contribution is -2.55. The van der Waals surface area contributed by atoms with Crippen molar-refractivity contribution in [3.8, 4) is 0 Å². The molecular formula is C20H32N4O5S. The lowest BCUT2D eigenvalue weighted by atomic mass is 10.0. The van der Waals surface area contributed by atoms with Gasteiger partial charge in [0.05, 0.1) is 6.54 Å². The lowest BCUT2D eigenvalue weighted by Gasteiger charge is -2.26. The van der Waals surface area contributed by atoms with Crippen LogP contribution in [0.4, 0.5) is 4.79 Å². The number of carbonyl (C=O) groups excluding carboxylic acids is 4. The summed E-state index contributed by atoms with van der Waals surface area (Å²) in [7, 11) is 0. The van der Waals surface area contributed by atoms with Crippen LogP contribution in [0.1, 0.15) is 45.6 Å². The van der Waals surface area contributed by atoms with Crippen LogP contribution in [0, 0.1) is 5.92 Å². The number of ether oxygens (including phenoxy) is 1. The maximum Gasteiger partial charge on any atom is 0.408 e. The minimum absolute atomic E-state index is 0. The molecular weight excluding hydrogens is 408 g/mol. The third kappa shape index (κ3) is 10.7. The van der Waals surface area contributed by atoms with Crippen molar-refractivity contribution in [1.82, 2.24) is 15.8 Å². The molecule has 30 heavy (non-hydrogen) atoms. The Kier molecular flexibility index (Phi) is 13.0. The molecule has 1 aromatic rings. The van der Waals surface area contributed by atoms with E-state index in [1.807, 2.05) is 44.2 Å². The van der Waals surface area contributed by atoms with Gasteiger partial charge in [-0.15, -0.1) is 0 Å². The van der Waals surface area contributed by atoms with E-state index in [-0.39, 0.29) is 51.3 Å². The first-order chi connectivity index (χ1) is 13.7. The molecule has 4 N–H and O–H groups in total. The molecule has 0 aliphatic carbocycles. The van der Waals surface area contributed by atoms with Crippen molar-refractivity contribution >= 4 is 37.3 Å². The monoisotopic (exact) mass is 440 g/mol. The number of amides is 4. The highest BCUT2D eigenvalue weighted by Crippen LogP contribution is 2.07. The summed E-state index contributed by atoms with van der Waals surface area (Å²) in [5.41, 5.74) is 8.42. The topological polar surface area (TPSA) is 131 Å². The van der Waals surface area contributed by atoms with Crippen molar-refractivity contribution in [1.29, 1.82) is 0 Å². The van der Waals surface area contributed by atoms with E-state index in [9.17, 15) is 19.2 Å². The molecule has 0 bridgehead atoms. The minimum atomic E-state index is -0.904. The number of nitrogens with zero attached hydrogens (tertiary/aromatic N) is 1. The molecule has 1 aromatic carbocycles. The van der Waals surface area contributed by atoms with Crippen LogP contribution in [-0.2, 0) is 25.7 Å². The third-order valence-corrected chi connectivity index (χ3v) is 3.96. The first kappa shape index (κ1) is 27.2. The number of hydrogen-bond acceptors (Lipinski definition) is 5. The molecule has 1 atom stereocenters. The van der Waals surface area contributed by atoms with Gasteiger partial charge in [-0.05, 0) is 17.9 Å². The highest BCUT2D eigenvalue weighted by Gasteiger charge is 2.25. The van der Waals surface area contributed by atoms with Gasteiger partial charge in [-0.3, -0.25) is 24.8 Å². The molecule has 0 spiro atoms. The maximum atomic E-state index is 12.7. The van der Waals surface area contributed by atoms with E-state index in [0.29, 0.717) is 6.42 Å². The zero-order chi connectivity index (χ0) is 21.8. The van der Waals surface area contributed by atoms with Gasteiger partial charge in [0, 0.05) is 12.8 Å². The Bertz CT molecular complexity index is 700. The Morgan fingerprint density at radius 3 is 2.30 bits per heavy atom. The van der Waals surface area contributed by atoms with E-state index in [4.69, 9.17) is 10.5 Å². The molecule has 168 valence electrons. The standard InChI is InChI=1S/C20H30N4O5.H2S/c1-4-18(26)24(11-10-17(21)25)23-19(27)16(12-14(2)3)22-20(28)29-13-15-8-6-5-7-9-15;/h5-9,14,16H,4,10-13H2,1-3H3,(H2,21,25)(H,22,28)(H,23,27);1H2/t16-;/m0./s1. The largest absolute Gasteiger partial charge is 0.445 e. The summed E-state index contributed by atoms with van der Waals surface area (Å²) in [4.78, 5) is 47.9. The summed E-state index contributed by atoms with van der Waals surface area (Å²) in [6, 6.07) is 8.25. The smallest absolute Gasteiger partial charge is 0.408 e. The summed E-state index contributed by atoms with van der Waals surface area (Å²) in [5.74, 6) is -1.42. The van der Waals surface area contributed by atoms with Gasteiger partial charge in [-0.25, -0.2) is 4.79 Å². The fourth-order valence-electron chi connectivity index (χ4n) is 2.48. The van der Waals surface area contributed by atoms with Gasteiger partial charge in [0.1, 0.15) is 12.6 Å². The summed E-state index contributed by atoms with van der Waals surface area (Å²) in [5, 5.41) is 3.60. The van der Waals surface area contributed by atoms with Gasteiger partial charge in [-0.2, -0.15) is 13.5 Å². The average Bonchev–Trinajstić information content (AvgIpc) is 2.68. The van der Waals surface area contributed by atoms with Crippen molar-refractivity contribution in [3.63, 3.8) is 0 Å². The molecule has 0 aromatic heterocycles. The van der Waals surface area contributed by atoms with Crippen LogP contribution >= 0.6 is 13.5 Å². The van der Waals surface area contributed by atoms with Crippen LogP contribution in [0.2, 0.25) is 0 Å². The molecule has 9 nitrogen and oxygen atoms in total. The van der Waals surface area contributed by atoms with Crippen LogP contribution in [0.15, 0.2) is 30.3 Å². The number of rotatable bonds is 10. The second-order valence-electron chi connectivity index (χ2n) is 6.98. The molecule has 0 fully saturated rings. The summed E-state index contributed by atoms with van der Waals surface area (Å²) in [6.07, 6.45) is -0.343. The summed E-state index contributed by atoms with van der Waals surface area (Å²) < 4.78 is 5.17. The quantitative estimate of drug-likeness (QED) is 0.476. The van der Waals surface area contributed by atoms with Crippen LogP contribution in [0.25, 0.3) is 0 Å². The van der Waals surface area contributed by atoms with Crippen LogP contribution in [0.3, 0.4) is 0 Å². The highest BCUT2D eigenvalue weighted by atomic mass is 32.1. The predicted molar refractivity (Wildman–Crippen MR) is 117 cm³/mol. The normalized spacial score (nSPS) is 11.1. The number of carbonyl (C=O) groups is 4. The molecule has 4 amide bonds. The predicted octanol–water partition coefficient (Wildman–Crippen LogP) is 1.59. The van der Waals surface area contributed by atoms with Crippen LogP contribution in [0.5, 0.6) is 0 Å². The minimum Gasteiger partial charge on any atom is -0.445 e. The zero-order valence-electron chi connectivity index (χ0n) is 17.6. The van der Waals surface area contributed by atoms with Crippen molar-refractivity contribution in [3.05, 3.63) is 35.9 Å². The third-order valence-electron chi connectivity index (χ3n) is 3.96. The van der Waals surface area contributed by atoms with Crippen molar-refractivity contribution in [2.24, 2.45) is 11.7 Å². The lowest BCUT2D eigenvalue weighted by molar-refractivity contribution is -0.142. The van der Waals surface area contributed by atoms with Gasteiger partial charge in [0.15, 0.2) is 0 Å². The zero-order valence-corrected chi connectivity index (χ0v) is 18.6. The summed E-state index contributed by atoms with van der Waals surface area (Å²) in [6.45, 7) is 5.47. The number of alkyl carbamates (subject to hydrolysis) is 1. The van der Waals surface area contributed by atoms with Gasteiger partial charge in [0.25, 0.3) is 5.91 Å². The van der Waals surface area contributed by atoms with Gasteiger partial charge in [-0.1, -0.05) is 51.1 Å². The Morgan fingerprint density at radius 2 is 1.77 bits per heavy atom. The van der Waals surface area contributed by atoms with E-state index >= 15 is 0 Å². The number of nitrogens with two attached hydrogens (primary N) is 1. The summed E-state index contributed by atoms with van der Waals surface area (Å²) >= 11 is 0. The highest BCUT2D eigenvalue weighted by molar-refractivity contribution is 7.59. The van der Waals surface area contributed by atoms with Crippen LogP contribution < -0.4 is 16.5 Å². The van der Waals surface area contributed by atoms with E-state index < -0.39 is 23.9 Å². The fourth-order valence-corrected chi connectivity index (χ4v) is 2.48. The van der Waals surface area contributed by atoms with Gasteiger partial charge >= 0.3 is 6.09 Å². The maximum absolute atomic E-state index is 12.7. The molecule has 1 rings (SSSR count). The van der Waals surface area contributed by atoms with E-state index in [1.165, 1.54) is 0 Å². The average molecular weight is 441 g/mol. The van der Waals surface area contributed by atoms with Gasteiger partial charge < -0.3 is 15.8 Å². The first-order valence-electron chi connectivity index (χ1n) is 9.59. The second kappa shape index (κ2) is 14.3. The molecule has 10 heteroatoms. The molecule has 0 aliphatic heterocycles. The van der Waals surface area contributed by atoms with E-state index in [2.05, 4.69) is 10.7 Å². The number of hydrogen-bond donors (Lipinski definition) is 3. The van der Waals surface area contributed by atoms with Crippen molar-refractivity contribution in [2.45, 2.75) is 52.7 Å². The Balaban J connectivity index is 0.00000841. The molecule has 0 saturated carbocycles. The van der Waals surface area contributed by atoms with Crippen molar-refractivity contribution in [2.75, 3.05) is 6.54 Å². The molecule has 0 heterocycles. The number of benzene rings is 1. The van der Waals surface area contributed by atoms with E-state index in [0.717, 1.165) is 10.6 Å². The molecule has 0 unspecified atom stereocenters. The first-order valence-corrected chi connectivity index (χ1v) is 9.59. The Morgan fingerprint density at radius 1 is 1.13 bits per heavy atom. The Labute approximate surface area is 184 Å². The number of nitrogens with one attached hydrogen (secondary N) is 2. The number of primary amides is 1. The number of hydrazine groups is 1. The van der Waals surface area contributed by atoms with Crippen molar-refractivity contribution < 1.29 is 23.9 Å². The SMILES string of the molecule is CCC(=O)N(CCC(N)=O)NC(=O)[C@H](CC(C)C)NC(=O)OCc1ccccc1.S. The molecule has 0 radical (unpaired) electrons. The Hall–Kier alpha value is -2.75. The second-order valence-corrected chi connectivity index (χ2v) is 6.98. The molecule has 0 saturated heterocycles. The van der Waals surface area contributed by atoms with E-state index in [1.54, 1.807) is 6.92 Å². The van der Waals surface area contributed by atoms with Gasteiger partial charge in [0.2, 0.25) is 11.8 Å². The fraction of sp³-hybridized carbons (Fsp3) is 0.500. The van der Waals surface area contributed by atoms with Crippen LogP contribution in [-0.4, -0.2) is 41.4 Å². The molecule has 0 aliphatic rings.